The van der Waals surface area contributed by atoms with Crippen molar-refractivity contribution in [1.82, 2.24) is 0 Å². The maximum Gasteiger partial charge on any atom is 0.0390 e. The third-order valence-electron chi connectivity index (χ3n) is 3.62. The summed E-state index contributed by atoms with van der Waals surface area (Å²) in [5, 5.41) is 5.99. The Labute approximate surface area is 120 Å². The highest BCUT2D eigenvalue weighted by atomic mass is 14.9. The molecule has 0 amide bonds. The second kappa shape index (κ2) is 5.38. The molecule has 0 heterocycles. The van der Waals surface area contributed by atoms with Gasteiger partial charge in [0.15, 0.2) is 0 Å². The number of anilines is 2. The van der Waals surface area contributed by atoms with Gasteiger partial charge < -0.3 is 5.32 Å². The Morgan fingerprint density at radius 2 is 1.35 bits per heavy atom. The molecular formula is C19H19N. The van der Waals surface area contributed by atoms with Gasteiger partial charge in [-0.2, -0.15) is 0 Å². The average molecular weight is 261 g/mol. The molecule has 0 saturated carbocycles. The molecule has 0 spiro atoms. The molecule has 1 N–H and O–H groups in total. The summed E-state index contributed by atoms with van der Waals surface area (Å²) in [5.74, 6) is 0.574. The van der Waals surface area contributed by atoms with Crippen LogP contribution in [0.1, 0.15) is 25.3 Å². The lowest BCUT2D eigenvalue weighted by atomic mass is 10.0. The maximum atomic E-state index is 3.46. The lowest BCUT2D eigenvalue weighted by Crippen LogP contribution is -1.92. The van der Waals surface area contributed by atoms with E-state index >= 15 is 0 Å². The van der Waals surface area contributed by atoms with Crippen LogP contribution in [0.15, 0.2) is 66.7 Å². The summed E-state index contributed by atoms with van der Waals surface area (Å²) in [7, 11) is 0. The Hall–Kier alpha value is -2.28. The number of benzene rings is 3. The summed E-state index contributed by atoms with van der Waals surface area (Å²) in [4.78, 5) is 0. The largest absolute Gasteiger partial charge is 0.356 e. The first-order valence-electron chi connectivity index (χ1n) is 7.08. The van der Waals surface area contributed by atoms with Gasteiger partial charge in [-0.3, -0.25) is 0 Å². The SMILES string of the molecule is CC(C)c1ccc(Nc2ccc3ccccc3c2)cc1. The molecule has 0 bridgehead atoms. The van der Waals surface area contributed by atoms with Gasteiger partial charge in [0.25, 0.3) is 0 Å². The van der Waals surface area contributed by atoms with E-state index in [1.807, 2.05) is 0 Å². The topological polar surface area (TPSA) is 12.0 Å². The highest BCUT2D eigenvalue weighted by Gasteiger charge is 2.00. The highest BCUT2D eigenvalue weighted by molar-refractivity contribution is 5.86. The Bertz CT molecular complexity index is 711. The summed E-state index contributed by atoms with van der Waals surface area (Å²) in [6.07, 6.45) is 0. The first-order valence-corrected chi connectivity index (χ1v) is 7.08. The van der Waals surface area contributed by atoms with Gasteiger partial charge in [-0.1, -0.05) is 56.3 Å². The molecule has 1 nitrogen and oxygen atoms in total. The third kappa shape index (κ3) is 2.67. The second-order valence-electron chi connectivity index (χ2n) is 5.46. The van der Waals surface area contributed by atoms with E-state index in [2.05, 4.69) is 85.9 Å². The minimum absolute atomic E-state index is 0.574. The van der Waals surface area contributed by atoms with Crippen LogP contribution < -0.4 is 5.32 Å². The summed E-state index contributed by atoms with van der Waals surface area (Å²) in [5.41, 5.74) is 3.62. The minimum Gasteiger partial charge on any atom is -0.356 e. The average Bonchev–Trinajstić information content (AvgIpc) is 2.48. The van der Waals surface area contributed by atoms with E-state index in [-0.39, 0.29) is 0 Å². The first-order chi connectivity index (χ1) is 9.72. The van der Waals surface area contributed by atoms with Crippen molar-refractivity contribution in [2.45, 2.75) is 19.8 Å². The van der Waals surface area contributed by atoms with E-state index in [9.17, 15) is 0 Å². The lowest BCUT2D eigenvalue weighted by Gasteiger charge is -2.10. The monoisotopic (exact) mass is 261 g/mol. The molecular weight excluding hydrogens is 242 g/mol. The molecule has 1 heteroatoms. The van der Waals surface area contributed by atoms with E-state index in [4.69, 9.17) is 0 Å². The normalized spacial score (nSPS) is 10.9. The summed E-state index contributed by atoms with van der Waals surface area (Å²) >= 11 is 0. The molecule has 0 aromatic heterocycles. The zero-order valence-electron chi connectivity index (χ0n) is 11.9. The Kier molecular flexibility index (Phi) is 3.42. The standard InChI is InChI=1S/C19H19N/c1-14(2)15-7-10-18(11-8-15)20-19-12-9-16-5-3-4-6-17(16)13-19/h3-14,20H,1-2H3. The van der Waals surface area contributed by atoms with Crippen LogP contribution in [-0.2, 0) is 0 Å². The minimum atomic E-state index is 0.574. The molecule has 0 atom stereocenters. The van der Waals surface area contributed by atoms with Gasteiger partial charge in [0.05, 0.1) is 0 Å². The van der Waals surface area contributed by atoms with Gasteiger partial charge in [0.1, 0.15) is 0 Å². The van der Waals surface area contributed by atoms with Crippen molar-refractivity contribution in [3.8, 4) is 0 Å². The number of fused-ring (bicyclic) bond motifs is 1. The maximum absolute atomic E-state index is 3.46. The third-order valence-corrected chi connectivity index (χ3v) is 3.62. The fourth-order valence-corrected chi connectivity index (χ4v) is 2.39. The number of hydrogen-bond donors (Lipinski definition) is 1. The second-order valence-corrected chi connectivity index (χ2v) is 5.46. The molecule has 100 valence electrons. The summed E-state index contributed by atoms with van der Waals surface area (Å²) in [6, 6.07) is 23.5. The lowest BCUT2D eigenvalue weighted by molar-refractivity contribution is 0.867. The van der Waals surface area contributed by atoms with Crippen LogP contribution in [0.2, 0.25) is 0 Å². The smallest absolute Gasteiger partial charge is 0.0390 e. The molecule has 0 radical (unpaired) electrons. The van der Waals surface area contributed by atoms with Crippen LogP contribution in [0.5, 0.6) is 0 Å². The molecule has 0 aliphatic carbocycles. The van der Waals surface area contributed by atoms with Crippen LogP contribution in [0.3, 0.4) is 0 Å². The molecule has 0 fully saturated rings. The molecule has 0 aliphatic rings. The van der Waals surface area contributed by atoms with Crippen LogP contribution >= 0.6 is 0 Å². The zero-order valence-corrected chi connectivity index (χ0v) is 11.9. The molecule has 0 aliphatic heterocycles. The zero-order chi connectivity index (χ0) is 13.9. The molecule has 3 rings (SSSR count). The number of nitrogens with one attached hydrogen (secondary N) is 1. The predicted molar refractivity (Wildman–Crippen MR) is 87.8 cm³/mol. The van der Waals surface area contributed by atoms with Gasteiger partial charge in [0.2, 0.25) is 0 Å². The van der Waals surface area contributed by atoms with Gasteiger partial charge in [0, 0.05) is 11.4 Å². The molecule has 3 aromatic rings. The van der Waals surface area contributed by atoms with Crippen LogP contribution in [0, 0.1) is 0 Å². The van der Waals surface area contributed by atoms with Crippen LogP contribution in [-0.4, -0.2) is 0 Å². The van der Waals surface area contributed by atoms with Crippen molar-refractivity contribution in [1.29, 1.82) is 0 Å². The van der Waals surface area contributed by atoms with Crippen LogP contribution in [0.25, 0.3) is 10.8 Å². The van der Waals surface area contributed by atoms with Crippen molar-refractivity contribution >= 4 is 22.1 Å². The first kappa shape index (κ1) is 12.7. The van der Waals surface area contributed by atoms with Crippen molar-refractivity contribution in [2.75, 3.05) is 5.32 Å². The number of rotatable bonds is 3. The molecule has 3 aromatic carbocycles. The molecule has 0 saturated heterocycles. The van der Waals surface area contributed by atoms with Gasteiger partial charge in [-0.25, -0.2) is 0 Å². The predicted octanol–water partition coefficient (Wildman–Crippen LogP) is 5.71. The van der Waals surface area contributed by atoms with Crippen molar-refractivity contribution in [2.24, 2.45) is 0 Å². The summed E-state index contributed by atoms with van der Waals surface area (Å²) < 4.78 is 0. The highest BCUT2D eigenvalue weighted by Crippen LogP contribution is 2.23. The van der Waals surface area contributed by atoms with Crippen molar-refractivity contribution in [3.05, 3.63) is 72.3 Å². The van der Waals surface area contributed by atoms with Gasteiger partial charge in [-0.05, 0) is 46.5 Å². The fraction of sp³-hybridized carbons (Fsp3) is 0.158. The van der Waals surface area contributed by atoms with Gasteiger partial charge >= 0.3 is 0 Å². The quantitative estimate of drug-likeness (QED) is 0.637. The van der Waals surface area contributed by atoms with Crippen molar-refractivity contribution in [3.63, 3.8) is 0 Å². The Balaban J connectivity index is 1.85. The van der Waals surface area contributed by atoms with E-state index < -0.39 is 0 Å². The number of hydrogen-bond acceptors (Lipinski definition) is 1. The Morgan fingerprint density at radius 1 is 0.700 bits per heavy atom. The summed E-state index contributed by atoms with van der Waals surface area (Å²) in [6.45, 7) is 4.43. The van der Waals surface area contributed by atoms with E-state index in [0.717, 1.165) is 11.4 Å². The van der Waals surface area contributed by atoms with E-state index in [1.165, 1.54) is 16.3 Å². The van der Waals surface area contributed by atoms with E-state index in [1.54, 1.807) is 0 Å². The van der Waals surface area contributed by atoms with Gasteiger partial charge in [-0.15, -0.1) is 0 Å². The molecule has 0 unspecified atom stereocenters. The Morgan fingerprint density at radius 3 is 2.05 bits per heavy atom. The van der Waals surface area contributed by atoms with Crippen LogP contribution in [0.4, 0.5) is 11.4 Å². The molecule has 20 heavy (non-hydrogen) atoms. The van der Waals surface area contributed by atoms with Crippen molar-refractivity contribution < 1.29 is 0 Å². The fourth-order valence-electron chi connectivity index (χ4n) is 2.39. The van der Waals surface area contributed by atoms with E-state index in [0.29, 0.717) is 5.92 Å².